The zero-order valence-electron chi connectivity index (χ0n) is 11.4. The lowest BCUT2D eigenvalue weighted by atomic mass is 10.00. The number of nitrogens with two attached hydrogens (primary N) is 1. The molecule has 1 atom stereocenters. The molecule has 1 aromatic heterocycles. The second kappa shape index (κ2) is 6.41. The van der Waals surface area contributed by atoms with E-state index >= 15 is 0 Å². The Labute approximate surface area is 114 Å². The first-order chi connectivity index (χ1) is 9.24. The summed E-state index contributed by atoms with van der Waals surface area (Å²) in [4.78, 5) is 8.56. The molecule has 2 rings (SSSR count). The number of hydrogen-bond donors (Lipinski definition) is 2. The van der Waals surface area contributed by atoms with E-state index in [2.05, 4.69) is 46.6 Å². The topological polar surface area (TPSA) is 63.8 Å². The van der Waals surface area contributed by atoms with Gasteiger partial charge in [-0.2, -0.15) is 0 Å². The Morgan fingerprint density at radius 3 is 2.84 bits per heavy atom. The molecule has 0 saturated heterocycles. The maximum absolute atomic E-state index is 5.70. The van der Waals surface area contributed by atoms with Gasteiger partial charge in [-0.25, -0.2) is 15.4 Å². The van der Waals surface area contributed by atoms with Gasteiger partial charge in [0.1, 0.15) is 5.82 Å². The molecule has 100 valence electrons. The molecule has 0 aliphatic heterocycles. The fourth-order valence-electron chi connectivity index (χ4n) is 2.20. The fourth-order valence-corrected chi connectivity index (χ4v) is 2.20. The van der Waals surface area contributed by atoms with Crippen molar-refractivity contribution in [2.75, 3.05) is 0 Å². The van der Waals surface area contributed by atoms with Gasteiger partial charge < -0.3 is 0 Å². The third-order valence-electron chi connectivity index (χ3n) is 3.08. The molecule has 2 aromatic rings. The highest BCUT2D eigenvalue weighted by Crippen LogP contribution is 2.21. The van der Waals surface area contributed by atoms with Gasteiger partial charge >= 0.3 is 0 Å². The lowest BCUT2D eigenvalue weighted by molar-refractivity contribution is 0.615. The molecule has 0 fully saturated rings. The third-order valence-corrected chi connectivity index (χ3v) is 3.08. The summed E-state index contributed by atoms with van der Waals surface area (Å²) < 4.78 is 0. The third kappa shape index (κ3) is 3.36. The summed E-state index contributed by atoms with van der Waals surface area (Å²) in [5.74, 6) is 6.45. The van der Waals surface area contributed by atoms with Crippen LogP contribution >= 0.6 is 0 Å². The van der Waals surface area contributed by atoms with Gasteiger partial charge in [-0.15, -0.1) is 0 Å². The van der Waals surface area contributed by atoms with Crippen LogP contribution in [0.25, 0.3) is 0 Å². The highest BCUT2D eigenvalue weighted by Gasteiger charge is 2.14. The lowest BCUT2D eigenvalue weighted by Gasteiger charge is -2.17. The predicted molar refractivity (Wildman–Crippen MR) is 76.4 cm³/mol. The van der Waals surface area contributed by atoms with Gasteiger partial charge in [0.15, 0.2) is 0 Å². The van der Waals surface area contributed by atoms with Gasteiger partial charge in [0, 0.05) is 6.20 Å². The SMILES string of the molecule is CCCc1cccc(C(NN)c2ccnc(C)n2)c1. The summed E-state index contributed by atoms with van der Waals surface area (Å²) in [6.07, 6.45) is 3.97. The van der Waals surface area contributed by atoms with Crippen LogP contribution in [0.5, 0.6) is 0 Å². The highest BCUT2D eigenvalue weighted by atomic mass is 15.2. The summed E-state index contributed by atoms with van der Waals surface area (Å²) in [5, 5.41) is 0. The van der Waals surface area contributed by atoms with Crippen LogP contribution in [0.1, 0.15) is 42.0 Å². The molecular weight excluding hydrogens is 236 g/mol. The number of benzene rings is 1. The summed E-state index contributed by atoms with van der Waals surface area (Å²) in [7, 11) is 0. The van der Waals surface area contributed by atoms with Crippen molar-refractivity contribution in [2.45, 2.75) is 32.7 Å². The minimum absolute atomic E-state index is 0.0986. The number of aryl methyl sites for hydroxylation is 2. The van der Waals surface area contributed by atoms with Crippen molar-refractivity contribution in [2.24, 2.45) is 5.84 Å². The summed E-state index contributed by atoms with van der Waals surface area (Å²) in [6, 6.07) is 10.3. The monoisotopic (exact) mass is 256 g/mol. The minimum Gasteiger partial charge on any atom is -0.271 e. The van der Waals surface area contributed by atoms with E-state index in [-0.39, 0.29) is 6.04 Å². The van der Waals surface area contributed by atoms with E-state index in [0.29, 0.717) is 0 Å². The molecule has 4 nitrogen and oxygen atoms in total. The highest BCUT2D eigenvalue weighted by molar-refractivity contribution is 5.31. The van der Waals surface area contributed by atoms with Crippen molar-refractivity contribution in [1.82, 2.24) is 15.4 Å². The first kappa shape index (κ1) is 13.6. The van der Waals surface area contributed by atoms with Gasteiger partial charge in [0.05, 0.1) is 11.7 Å². The molecule has 0 saturated carbocycles. The minimum atomic E-state index is -0.0986. The molecule has 0 aliphatic carbocycles. The average molecular weight is 256 g/mol. The Kier molecular flexibility index (Phi) is 4.60. The molecular formula is C15H20N4. The van der Waals surface area contributed by atoms with E-state index in [1.807, 2.05) is 13.0 Å². The van der Waals surface area contributed by atoms with Crippen LogP contribution in [-0.4, -0.2) is 9.97 Å². The quantitative estimate of drug-likeness (QED) is 0.636. The number of rotatable bonds is 5. The largest absolute Gasteiger partial charge is 0.271 e. The van der Waals surface area contributed by atoms with Crippen LogP contribution in [0.2, 0.25) is 0 Å². The Bertz CT molecular complexity index is 539. The standard InChI is InChI=1S/C15H20N4/c1-3-5-12-6-4-7-13(10-12)15(19-16)14-8-9-17-11(2)18-14/h4,6-10,15,19H,3,5,16H2,1-2H3. The number of nitrogens with zero attached hydrogens (tertiary/aromatic N) is 2. The molecule has 0 spiro atoms. The van der Waals surface area contributed by atoms with E-state index in [0.717, 1.165) is 29.9 Å². The van der Waals surface area contributed by atoms with Crippen LogP contribution in [0.3, 0.4) is 0 Å². The predicted octanol–water partition coefficient (Wildman–Crippen LogP) is 2.29. The molecule has 1 aromatic carbocycles. The first-order valence-corrected chi connectivity index (χ1v) is 6.59. The second-order valence-corrected chi connectivity index (χ2v) is 4.62. The molecule has 19 heavy (non-hydrogen) atoms. The van der Waals surface area contributed by atoms with Crippen LogP contribution in [-0.2, 0) is 6.42 Å². The van der Waals surface area contributed by atoms with Gasteiger partial charge in [-0.3, -0.25) is 5.84 Å². The molecule has 0 amide bonds. The van der Waals surface area contributed by atoms with Crippen molar-refractivity contribution in [1.29, 1.82) is 0 Å². The molecule has 0 radical (unpaired) electrons. The summed E-state index contributed by atoms with van der Waals surface area (Å²) in [5.41, 5.74) is 6.19. The Balaban J connectivity index is 2.33. The summed E-state index contributed by atoms with van der Waals surface area (Å²) in [6.45, 7) is 4.06. The maximum atomic E-state index is 5.70. The lowest BCUT2D eigenvalue weighted by Crippen LogP contribution is -2.29. The van der Waals surface area contributed by atoms with Crippen molar-refractivity contribution in [3.05, 3.63) is 59.2 Å². The van der Waals surface area contributed by atoms with Gasteiger partial charge in [0.2, 0.25) is 0 Å². The Hall–Kier alpha value is -1.78. The normalized spacial score (nSPS) is 12.4. The number of nitrogens with one attached hydrogen (secondary N) is 1. The van der Waals surface area contributed by atoms with E-state index in [1.54, 1.807) is 6.20 Å². The number of hydrogen-bond acceptors (Lipinski definition) is 4. The van der Waals surface area contributed by atoms with E-state index in [4.69, 9.17) is 5.84 Å². The first-order valence-electron chi connectivity index (χ1n) is 6.59. The Morgan fingerprint density at radius 2 is 2.16 bits per heavy atom. The van der Waals surface area contributed by atoms with Crippen molar-refractivity contribution >= 4 is 0 Å². The van der Waals surface area contributed by atoms with Gasteiger partial charge in [-0.1, -0.05) is 37.6 Å². The molecule has 3 N–H and O–H groups in total. The second-order valence-electron chi connectivity index (χ2n) is 4.62. The van der Waals surface area contributed by atoms with Gasteiger partial charge in [-0.05, 0) is 30.5 Å². The van der Waals surface area contributed by atoms with Crippen molar-refractivity contribution in [3.8, 4) is 0 Å². The van der Waals surface area contributed by atoms with Crippen molar-refractivity contribution < 1.29 is 0 Å². The van der Waals surface area contributed by atoms with E-state index in [1.165, 1.54) is 5.56 Å². The molecule has 1 unspecified atom stereocenters. The van der Waals surface area contributed by atoms with Gasteiger partial charge in [0.25, 0.3) is 0 Å². The molecule has 0 bridgehead atoms. The summed E-state index contributed by atoms with van der Waals surface area (Å²) >= 11 is 0. The van der Waals surface area contributed by atoms with Crippen LogP contribution < -0.4 is 11.3 Å². The zero-order chi connectivity index (χ0) is 13.7. The zero-order valence-corrected chi connectivity index (χ0v) is 11.4. The number of hydrazine groups is 1. The van der Waals surface area contributed by atoms with Crippen LogP contribution in [0, 0.1) is 6.92 Å². The van der Waals surface area contributed by atoms with E-state index < -0.39 is 0 Å². The molecule has 0 aliphatic rings. The van der Waals surface area contributed by atoms with Crippen LogP contribution in [0.15, 0.2) is 36.5 Å². The molecule has 4 heteroatoms. The van der Waals surface area contributed by atoms with Crippen LogP contribution in [0.4, 0.5) is 0 Å². The average Bonchev–Trinajstić information content (AvgIpc) is 2.41. The molecule has 1 heterocycles. The number of aromatic nitrogens is 2. The maximum Gasteiger partial charge on any atom is 0.125 e. The van der Waals surface area contributed by atoms with E-state index in [9.17, 15) is 0 Å². The fraction of sp³-hybridized carbons (Fsp3) is 0.333. The van der Waals surface area contributed by atoms with Crippen molar-refractivity contribution in [3.63, 3.8) is 0 Å². The smallest absolute Gasteiger partial charge is 0.125 e. The Morgan fingerprint density at radius 1 is 1.32 bits per heavy atom.